The van der Waals surface area contributed by atoms with E-state index in [9.17, 15) is 4.79 Å². The minimum atomic E-state index is -0.912. The summed E-state index contributed by atoms with van der Waals surface area (Å²) < 4.78 is 10.5. The lowest BCUT2D eigenvalue weighted by atomic mass is 10.1. The van der Waals surface area contributed by atoms with Gasteiger partial charge in [-0.2, -0.15) is 0 Å². The molecule has 23 heavy (non-hydrogen) atoms. The molecule has 0 spiro atoms. The lowest BCUT2D eigenvalue weighted by molar-refractivity contribution is 0.0697. The Balaban J connectivity index is 0.00000264. The Morgan fingerprint density at radius 3 is 2.09 bits per heavy atom. The molecule has 0 bridgehead atoms. The maximum Gasteiger partial charge on any atom is 0.335 e. The molecule has 2 aromatic rings. The average Bonchev–Trinajstić information content (AvgIpc) is 2.55. The summed E-state index contributed by atoms with van der Waals surface area (Å²) in [6.45, 7) is 1.34. The lowest BCUT2D eigenvalue weighted by Crippen LogP contribution is -2.13. The van der Waals surface area contributed by atoms with Gasteiger partial charge in [0, 0.05) is 13.1 Å². The first kappa shape index (κ1) is 18.8. The third-order valence-corrected chi connectivity index (χ3v) is 3.31. The van der Waals surface area contributed by atoms with Crippen molar-refractivity contribution in [3.63, 3.8) is 0 Å². The van der Waals surface area contributed by atoms with Gasteiger partial charge in [-0.25, -0.2) is 4.79 Å². The van der Waals surface area contributed by atoms with Gasteiger partial charge in [-0.05, 0) is 35.4 Å². The van der Waals surface area contributed by atoms with Gasteiger partial charge in [-0.3, -0.25) is 0 Å². The number of carboxylic acid groups (broad SMARTS) is 1. The number of hydrogen-bond acceptors (Lipinski definition) is 4. The molecule has 0 aliphatic carbocycles. The third kappa shape index (κ3) is 5.16. The van der Waals surface area contributed by atoms with Crippen LogP contribution in [0, 0.1) is 0 Å². The average molecular weight is 338 g/mol. The monoisotopic (exact) mass is 337 g/mol. The summed E-state index contributed by atoms with van der Waals surface area (Å²) in [7, 11) is 3.22. The van der Waals surface area contributed by atoms with E-state index in [2.05, 4.69) is 5.32 Å². The van der Waals surface area contributed by atoms with Crippen LogP contribution in [0.2, 0.25) is 0 Å². The van der Waals surface area contributed by atoms with Crippen LogP contribution in [-0.2, 0) is 13.1 Å². The number of halogens is 1. The van der Waals surface area contributed by atoms with Gasteiger partial charge in [0.05, 0.1) is 19.8 Å². The van der Waals surface area contributed by atoms with Crippen LogP contribution in [-0.4, -0.2) is 25.3 Å². The number of methoxy groups -OCH3 is 2. The molecular formula is C17H20ClNO4. The molecule has 2 N–H and O–H groups in total. The Morgan fingerprint density at radius 1 is 0.957 bits per heavy atom. The number of benzene rings is 2. The SMILES string of the molecule is COc1ccc(CNCc2ccc(C(=O)O)cc2)cc1OC.Cl. The summed E-state index contributed by atoms with van der Waals surface area (Å²) in [5, 5.41) is 12.2. The molecule has 0 aliphatic rings. The second-order valence-corrected chi connectivity index (χ2v) is 4.79. The van der Waals surface area contributed by atoms with Crippen molar-refractivity contribution in [1.29, 1.82) is 0 Å². The van der Waals surface area contributed by atoms with Gasteiger partial charge >= 0.3 is 5.97 Å². The quantitative estimate of drug-likeness (QED) is 0.812. The van der Waals surface area contributed by atoms with Crippen LogP contribution in [0.3, 0.4) is 0 Å². The zero-order chi connectivity index (χ0) is 15.9. The van der Waals surface area contributed by atoms with Crippen molar-refractivity contribution >= 4 is 18.4 Å². The minimum absolute atomic E-state index is 0. The molecule has 0 saturated carbocycles. The molecule has 0 aliphatic heterocycles. The molecule has 124 valence electrons. The van der Waals surface area contributed by atoms with E-state index in [0.29, 0.717) is 30.2 Å². The molecular weight excluding hydrogens is 318 g/mol. The summed E-state index contributed by atoms with van der Waals surface area (Å²) in [4.78, 5) is 10.8. The highest BCUT2D eigenvalue weighted by molar-refractivity contribution is 5.87. The first-order valence-corrected chi connectivity index (χ1v) is 6.88. The van der Waals surface area contributed by atoms with Gasteiger partial charge in [-0.1, -0.05) is 18.2 Å². The molecule has 0 radical (unpaired) electrons. The summed E-state index contributed by atoms with van der Waals surface area (Å²) in [5.41, 5.74) is 2.41. The normalized spacial score (nSPS) is 9.83. The first-order chi connectivity index (χ1) is 10.6. The van der Waals surface area contributed by atoms with Crippen LogP contribution in [0.25, 0.3) is 0 Å². The highest BCUT2D eigenvalue weighted by Crippen LogP contribution is 2.27. The van der Waals surface area contributed by atoms with Crippen molar-refractivity contribution in [2.45, 2.75) is 13.1 Å². The highest BCUT2D eigenvalue weighted by Gasteiger charge is 2.05. The van der Waals surface area contributed by atoms with Gasteiger partial charge in [0.25, 0.3) is 0 Å². The molecule has 0 saturated heterocycles. The van der Waals surface area contributed by atoms with E-state index in [1.807, 2.05) is 30.3 Å². The van der Waals surface area contributed by atoms with Crippen LogP contribution in [0.15, 0.2) is 42.5 Å². The summed E-state index contributed by atoms with van der Waals surface area (Å²) in [6, 6.07) is 12.6. The van der Waals surface area contributed by atoms with Crippen LogP contribution in [0.5, 0.6) is 11.5 Å². The Labute approximate surface area is 141 Å². The van der Waals surface area contributed by atoms with E-state index in [0.717, 1.165) is 11.1 Å². The van der Waals surface area contributed by atoms with E-state index >= 15 is 0 Å². The Bertz CT molecular complexity index is 644. The molecule has 0 aromatic heterocycles. The number of rotatable bonds is 7. The number of nitrogens with one attached hydrogen (secondary N) is 1. The molecule has 0 unspecified atom stereocenters. The molecule has 2 rings (SSSR count). The number of carboxylic acids is 1. The highest BCUT2D eigenvalue weighted by atomic mass is 35.5. The molecule has 0 fully saturated rings. The number of hydrogen-bond donors (Lipinski definition) is 2. The van der Waals surface area contributed by atoms with Crippen LogP contribution in [0.1, 0.15) is 21.5 Å². The fraction of sp³-hybridized carbons (Fsp3) is 0.235. The Hall–Kier alpha value is -2.24. The van der Waals surface area contributed by atoms with E-state index in [1.165, 1.54) is 0 Å². The van der Waals surface area contributed by atoms with Crippen molar-refractivity contribution in [1.82, 2.24) is 5.32 Å². The minimum Gasteiger partial charge on any atom is -0.493 e. The summed E-state index contributed by atoms with van der Waals surface area (Å²) in [5.74, 6) is 0.493. The number of aromatic carboxylic acids is 1. The number of carbonyl (C=O) groups is 1. The largest absolute Gasteiger partial charge is 0.493 e. The zero-order valence-corrected chi connectivity index (χ0v) is 13.9. The van der Waals surface area contributed by atoms with Gasteiger partial charge in [0.1, 0.15) is 0 Å². The summed E-state index contributed by atoms with van der Waals surface area (Å²) in [6.07, 6.45) is 0. The Kier molecular flexibility index (Phi) is 7.38. The van der Waals surface area contributed by atoms with Gasteiger partial charge in [-0.15, -0.1) is 12.4 Å². The third-order valence-electron chi connectivity index (χ3n) is 3.31. The number of ether oxygens (including phenoxy) is 2. The first-order valence-electron chi connectivity index (χ1n) is 6.88. The van der Waals surface area contributed by atoms with Crippen molar-refractivity contribution in [3.8, 4) is 11.5 Å². The molecule has 0 heterocycles. The molecule has 5 nitrogen and oxygen atoms in total. The second kappa shape index (κ2) is 9.02. The maximum atomic E-state index is 10.8. The van der Waals surface area contributed by atoms with E-state index in [-0.39, 0.29) is 12.4 Å². The maximum absolute atomic E-state index is 10.8. The molecule has 2 aromatic carbocycles. The standard InChI is InChI=1S/C17H19NO4.ClH/c1-21-15-8-5-13(9-16(15)22-2)11-18-10-12-3-6-14(7-4-12)17(19)20;/h3-9,18H,10-11H2,1-2H3,(H,19,20);1H. The zero-order valence-electron chi connectivity index (χ0n) is 13.0. The fourth-order valence-electron chi connectivity index (χ4n) is 2.11. The van der Waals surface area contributed by atoms with Gasteiger partial charge in [0.15, 0.2) is 11.5 Å². The molecule has 0 atom stereocenters. The van der Waals surface area contributed by atoms with Crippen molar-refractivity contribution in [2.24, 2.45) is 0 Å². The second-order valence-electron chi connectivity index (χ2n) is 4.79. The summed E-state index contributed by atoms with van der Waals surface area (Å²) >= 11 is 0. The Morgan fingerprint density at radius 2 is 1.52 bits per heavy atom. The van der Waals surface area contributed by atoms with Crippen LogP contribution < -0.4 is 14.8 Å². The molecule has 6 heteroatoms. The predicted octanol–water partition coefficient (Wildman–Crippen LogP) is 3.11. The van der Waals surface area contributed by atoms with Gasteiger partial charge < -0.3 is 19.9 Å². The smallest absolute Gasteiger partial charge is 0.335 e. The predicted molar refractivity (Wildman–Crippen MR) is 90.7 cm³/mol. The van der Waals surface area contributed by atoms with Crippen molar-refractivity contribution < 1.29 is 19.4 Å². The lowest BCUT2D eigenvalue weighted by Gasteiger charge is -2.10. The van der Waals surface area contributed by atoms with Crippen molar-refractivity contribution in [3.05, 3.63) is 59.2 Å². The van der Waals surface area contributed by atoms with Crippen LogP contribution in [0.4, 0.5) is 0 Å². The van der Waals surface area contributed by atoms with Crippen molar-refractivity contribution in [2.75, 3.05) is 14.2 Å². The van der Waals surface area contributed by atoms with Gasteiger partial charge in [0.2, 0.25) is 0 Å². The van der Waals surface area contributed by atoms with E-state index in [1.54, 1.807) is 26.4 Å². The fourth-order valence-corrected chi connectivity index (χ4v) is 2.11. The van der Waals surface area contributed by atoms with Crippen LogP contribution >= 0.6 is 12.4 Å². The topological polar surface area (TPSA) is 67.8 Å². The van der Waals surface area contributed by atoms with E-state index < -0.39 is 5.97 Å². The van der Waals surface area contributed by atoms with E-state index in [4.69, 9.17) is 14.6 Å². The molecule has 0 amide bonds.